The van der Waals surface area contributed by atoms with Crippen molar-refractivity contribution in [3.05, 3.63) is 48.0 Å². The number of nitrogens with one attached hydrogen (secondary N) is 4. The number of nitrogens with zero attached hydrogens (tertiary/aromatic N) is 2. The molecule has 4 aliphatic heterocycles. The van der Waals surface area contributed by atoms with Crippen LogP contribution < -0.4 is 30.7 Å². The molecule has 2 fully saturated rings. The molecular formula is C38H54B2F2N6O10. The van der Waals surface area contributed by atoms with Crippen molar-refractivity contribution in [2.45, 2.75) is 101 Å². The number of benzene rings is 2. The van der Waals surface area contributed by atoms with Gasteiger partial charge >= 0.3 is 14.1 Å². The third-order valence-electron chi connectivity index (χ3n) is 11.4. The molecule has 2 saturated heterocycles. The Hall–Kier alpha value is -4.33. The monoisotopic (exact) mass is 814 g/mol. The Morgan fingerprint density at radius 1 is 0.741 bits per heavy atom. The van der Waals surface area contributed by atoms with Gasteiger partial charge in [-0.15, -0.1) is 0 Å². The first-order chi connectivity index (χ1) is 27.6. The largest absolute Gasteiger partial charge is 0.479 e. The molecule has 0 aliphatic carbocycles. The van der Waals surface area contributed by atoms with Gasteiger partial charge in [0.2, 0.25) is 11.8 Å². The van der Waals surface area contributed by atoms with Crippen molar-refractivity contribution < 1.29 is 57.0 Å². The van der Waals surface area contributed by atoms with Gasteiger partial charge in [-0.05, 0) is 64.8 Å². The fourth-order valence-electron chi connectivity index (χ4n) is 7.76. The molecule has 0 aromatic heterocycles. The van der Waals surface area contributed by atoms with Crippen molar-refractivity contribution in [1.82, 2.24) is 20.3 Å². The van der Waals surface area contributed by atoms with E-state index in [2.05, 4.69) is 21.3 Å². The van der Waals surface area contributed by atoms with E-state index in [1.807, 2.05) is 13.8 Å². The molecule has 20 heteroatoms. The summed E-state index contributed by atoms with van der Waals surface area (Å²) in [6.45, 7) is 8.09. The lowest BCUT2D eigenvalue weighted by atomic mass is 9.82. The molecule has 58 heavy (non-hydrogen) atoms. The number of likely N-dealkylation sites (N-methyl/N-ethyl adjacent to an activating group) is 2. The van der Waals surface area contributed by atoms with Crippen LogP contribution in [-0.4, -0.2) is 133 Å². The Morgan fingerprint density at radius 3 is 1.40 bits per heavy atom. The number of fused-ring (bicyclic) bond motifs is 2. The van der Waals surface area contributed by atoms with Gasteiger partial charge in [-0.1, -0.05) is 26.0 Å². The summed E-state index contributed by atoms with van der Waals surface area (Å²) in [5.41, 5.74) is -1.81. The van der Waals surface area contributed by atoms with E-state index >= 15 is 0 Å². The van der Waals surface area contributed by atoms with Gasteiger partial charge in [0.1, 0.15) is 23.3 Å². The molecule has 0 radical (unpaired) electrons. The first-order valence-corrected chi connectivity index (χ1v) is 19.7. The van der Waals surface area contributed by atoms with E-state index < -0.39 is 84.7 Å². The normalized spacial score (nSPS) is 21.6. The molecule has 0 unspecified atom stereocenters. The number of carbonyl (C=O) groups is 4. The van der Waals surface area contributed by atoms with Crippen molar-refractivity contribution in [2.24, 2.45) is 0 Å². The molecule has 16 nitrogen and oxygen atoms in total. The second-order valence-corrected chi connectivity index (χ2v) is 15.1. The number of hydrogen-bond acceptors (Lipinski definition) is 12. The maximum Gasteiger partial charge on any atom is 0.376 e. The predicted octanol–water partition coefficient (Wildman–Crippen LogP) is 2.02. The third kappa shape index (κ3) is 9.58. The van der Waals surface area contributed by atoms with E-state index in [1.165, 1.54) is 33.9 Å². The lowest BCUT2D eigenvalue weighted by Crippen LogP contribution is -2.64. The van der Waals surface area contributed by atoms with Gasteiger partial charge in [0.05, 0.1) is 49.9 Å². The molecule has 6 N–H and O–H groups in total. The van der Waals surface area contributed by atoms with Gasteiger partial charge in [-0.2, -0.15) is 0 Å². The van der Waals surface area contributed by atoms with Crippen LogP contribution in [0.5, 0.6) is 11.5 Å². The number of hydrogen-bond donors (Lipinski definition) is 6. The maximum absolute atomic E-state index is 14.5. The summed E-state index contributed by atoms with van der Waals surface area (Å²) >= 11 is 0. The van der Waals surface area contributed by atoms with Crippen LogP contribution in [0.15, 0.2) is 36.4 Å². The van der Waals surface area contributed by atoms with Gasteiger partial charge in [0.15, 0.2) is 23.1 Å². The quantitative estimate of drug-likeness (QED) is 0.191. The third-order valence-corrected chi connectivity index (χ3v) is 11.4. The Bertz CT molecular complexity index is 1670. The van der Waals surface area contributed by atoms with Crippen LogP contribution in [0.25, 0.3) is 0 Å². The van der Waals surface area contributed by atoms with Crippen LogP contribution >= 0.6 is 0 Å². The molecule has 4 aliphatic rings. The van der Waals surface area contributed by atoms with Gasteiger partial charge in [0, 0.05) is 25.7 Å². The molecule has 4 amide bonds. The maximum atomic E-state index is 14.5. The second-order valence-electron chi connectivity index (χ2n) is 15.1. The lowest BCUT2D eigenvalue weighted by Gasteiger charge is -2.41. The molecule has 4 atom stereocenters. The van der Waals surface area contributed by atoms with Crippen LogP contribution in [-0.2, 0) is 28.7 Å². The lowest BCUT2D eigenvalue weighted by molar-refractivity contribution is -0.138. The van der Waals surface area contributed by atoms with E-state index in [4.69, 9.17) is 18.9 Å². The highest BCUT2D eigenvalue weighted by atomic mass is 19.1. The molecule has 2 spiro atoms. The molecule has 2 aromatic rings. The number of amides is 4. The molecule has 2 aromatic carbocycles. The van der Waals surface area contributed by atoms with Crippen molar-refractivity contribution in [2.75, 3.05) is 51.2 Å². The molecular weight excluding hydrogens is 760 g/mol. The van der Waals surface area contributed by atoms with Gasteiger partial charge in [-0.25, -0.2) is 8.78 Å². The summed E-state index contributed by atoms with van der Waals surface area (Å²) < 4.78 is 52.0. The standard InChI is InChI=1S/2C19H27BFN3O5/c2*1-4-14(24(3)20(2)27)17(25)23-16-18(26)22-13-7-5-6-12(21)15(13)29-19(16)8-10-28-11-9-19/h2*5-7,14,16,27H,4,8-11H2,1-3H3,(H,22,26)(H,23,25)/t14-,16+;14-,16-/m00/s1. The molecule has 0 bridgehead atoms. The minimum atomic E-state index is -1.13. The van der Waals surface area contributed by atoms with Crippen LogP contribution in [0.2, 0.25) is 13.6 Å². The fourth-order valence-corrected chi connectivity index (χ4v) is 7.76. The zero-order chi connectivity index (χ0) is 42.4. The zero-order valence-corrected chi connectivity index (χ0v) is 33.8. The molecule has 6 rings (SSSR count). The average Bonchev–Trinajstić information content (AvgIpc) is 3.37. The van der Waals surface area contributed by atoms with E-state index in [1.54, 1.807) is 39.9 Å². The van der Waals surface area contributed by atoms with Crippen molar-refractivity contribution in [3.8, 4) is 11.5 Å². The number of ether oxygens (including phenoxy) is 4. The summed E-state index contributed by atoms with van der Waals surface area (Å²) in [5, 5.41) is 30.7. The minimum absolute atomic E-state index is 0.0346. The van der Waals surface area contributed by atoms with E-state index in [0.717, 1.165) is 0 Å². The summed E-state index contributed by atoms with van der Waals surface area (Å²) in [4.78, 5) is 55.2. The van der Waals surface area contributed by atoms with Crippen molar-refractivity contribution in [3.63, 3.8) is 0 Å². The summed E-state index contributed by atoms with van der Waals surface area (Å²) in [7, 11) is 1.61. The minimum Gasteiger partial charge on any atom is -0.479 e. The van der Waals surface area contributed by atoms with E-state index in [9.17, 15) is 38.0 Å². The van der Waals surface area contributed by atoms with Gasteiger partial charge < -0.3 is 59.9 Å². The SMILES string of the molecule is CC[C@@H](C(=O)N[C@@H]1C(=O)Nc2cccc(F)c2OC12CCOCC2)N(C)B(C)O.CC[C@@H](C(=O)N[C@H]1C(=O)Nc2cccc(F)c2OC12CCOCC2)N(C)B(C)O. The number of anilines is 2. The first-order valence-electron chi connectivity index (χ1n) is 19.7. The van der Waals surface area contributed by atoms with Crippen LogP contribution in [0.1, 0.15) is 52.4 Å². The van der Waals surface area contributed by atoms with E-state index in [-0.39, 0.29) is 22.9 Å². The number of rotatable bonds is 10. The average molecular weight is 815 g/mol. The van der Waals surface area contributed by atoms with E-state index in [0.29, 0.717) is 65.0 Å². The fraction of sp³-hybridized carbons (Fsp3) is 0.579. The Balaban J connectivity index is 0.000000221. The second kappa shape index (κ2) is 19.2. The molecule has 0 saturated carbocycles. The Labute approximate surface area is 337 Å². The van der Waals surface area contributed by atoms with Gasteiger partial charge in [-0.3, -0.25) is 19.2 Å². The highest BCUT2D eigenvalue weighted by Gasteiger charge is 2.52. The number of para-hydroxylation sites is 2. The van der Waals surface area contributed by atoms with Crippen LogP contribution in [0.3, 0.4) is 0 Å². The number of halogens is 2. The smallest absolute Gasteiger partial charge is 0.376 e. The van der Waals surface area contributed by atoms with Crippen molar-refractivity contribution in [1.29, 1.82) is 0 Å². The number of carbonyl (C=O) groups excluding carboxylic acids is 4. The highest BCUT2D eigenvalue weighted by Crippen LogP contribution is 2.41. The molecule has 4 heterocycles. The Morgan fingerprint density at radius 2 is 1.09 bits per heavy atom. The predicted molar refractivity (Wildman–Crippen MR) is 212 cm³/mol. The highest BCUT2D eigenvalue weighted by molar-refractivity contribution is 6.46. The van der Waals surface area contributed by atoms with Gasteiger partial charge in [0.25, 0.3) is 11.8 Å². The molecule has 316 valence electrons. The van der Waals surface area contributed by atoms with Crippen molar-refractivity contribution >= 4 is 49.1 Å². The summed E-state index contributed by atoms with van der Waals surface area (Å²) in [6.07, 6.45) is 2.16. The van der Waals surface area contributed by atoms with Crippen LogP contribution in [0.4, 0.5) is 20.2 Å². The first kappa shape index (κ1) is 44.8. The van der Waals surface area contributed by atoms with Crippen LogP contribution in [0, 0.1) is 11.6 Å². The topological polar surface area (TPSA) is 200 Å². The zero-order valence-electron chi connectivity index (χ0n) is 33.8. The summed E-state index contributed by atoms with van der Waals surface area (Å²) in [6, 6.07) is 5.26. The summed E-state index contributed by atoms with van der Waals surface area (Å²) in [5.74, 6) is -2.99. The Kier molecular flexibility index (Phi) is 14.8.